The number of hydrogen-bond acceptors (Lipinski definition) is 10. The third kappa shape index (κ3) is 35.8. The molecule has 1 unspecified atom stereocenters. The predicted octanol–water partition coefficient (Wildman–Crippen LogP) is 12.1. The van der Waals surface area contributed by atoms with Crippen LogP contribution in [0.1, 0.15) is 213 Å². The topological polar surface area (TPSA) is 166 Å². The first kappa shape index (κ1) is 61.1. The Labute approximate surface area is 396 Å². The van der Waals surface area contributed by atoms with Crippen molar-refractivity contribution in [3.8, 4) is 0 Å². The number of likely N-dealkylation sites (N-methyl/N-ethyl adjacent to an activating group) is 1. The van der Waals surface area contributed by atoms with E-state index in [4.69, 9.17) is 18.5 Å². The van der Waals surface area contributed by atoms with E-state index < -0.39 is 44.7 Å². The van der Waals surface area contributed by atoms with E-state index in [-0.39, 0.29) is 50.1 Å². The first-order chi connectivity index (χ1) is 31.2. The summed E-state index contributed by atoms with van der Waals surface area (Å²) in [5.41, 5.74) is 0. The Morgan fingerprint density at radius 1 is 0.708 bits per heavy atom. The van der Waals surface area contributed by atoms with Gasteiger partial charge in [-0.05, 0) is 51.4 Å². The van der Waals surface area contributed by atoms with E-state index in [9.17, 15) is 34.1 Å². The number of nitrogens with zero attached hydrogens (tertiary/aromatic N) is 1. The molecule has 0 aromatic heterocycles. The van der Waals surface area contributed by atoms with Gasteiger partial charge in [-0.15, -0.1) is 0 Å². The zero-order chi connectivity index (χ0) is 48.0. The fourth-order valence-corrected chi connectivity index (χ4v) is 8.94. The van der Waals surface area contributed by atoms with Crippen molar-refractivity contribution >= 4 is 25.5 Å². The van der Waals surface area contributed by atoms with E-state index >= 15 is 0 Å². The van der Waals surface area contributed by atoms with E-state index in [0.29, 0.717) is 36.7 Å². The summed E-state index contributed by atoms with van der Waals surface area (Å²) in [6.07, 6.45) is 36.9. The zero-order valence-electron chi connectivity index (χ0n) is 41.9. The van der Waals surface area contributed by atoms with Crippen LogP contribution in [0.3, 0.4) is 0 Å². The predicted molar refractivity (Wildman–Crippen MR) is 262 cm³/mol. The number of rotatable bonds is 44. The molecule has 0 aromatic carbocycles. The third-order valence-electron chi connectivity index (χ3n) is 12.3. The molecule has 0 radical (unpaired) electrons. The maximum Gasteiger partial charge on any atom is 0.472 e. The second-order valence-corrected chi connectivity index (χ2v) is 21.1. The Balaban J connectivity index is 2.36. The molecule has 3 N–H and O–H groups in total. The molecule has 13 heteroatoms. The quantitative estimate of drug-likeness (QED) is 0.0175. The Kier molecular flexibility index (Phi) is 36.6. The Morgan fingerprint density at radius 2 is 1.22 bits per heavy atom. The fraction of sp³-hybridized carbons (Fsp3) is 0.865. The highest BCUT2D eigenvalue weighted by atomic mass is 31.2. The SMILES string of the molecule is CCCCCCCC/C=C\CCCCCCCCCCCCCC(=O)O[C@H](COC(=O)CCCCCC[C@H]1C(=O)C[C@@H](O)[C@@H]1/C=C/[C@@H](O)CCCCC)COP(=O)(O)OCC[N+](C)(C)C. The number of carbonyl (C=O) groups is 3. The average molecular weight is 943 g/mol. The molecule has 0 aliphatic heterocycles. The van der Waals surface area contributed by atoms with Gasteiger partial charge in [0, 0.05) is 31.1 Å². The minimum absolute atomic E-state index is 0.00588. The molecule has 6 atom stereocenters. The summed E-state index contributed by atoms with van der Waals surface area (Å²) in [6.45, 7) is 4.07. The number of phosphoric acid groups is 1. The number of unbranched alkanes of at least 4 members (excludes halogenated alkanes) is 22. The van der Waals surface area contributed by atoms with Gasteiger partial charge in [-0.1, -0.05) is 167 Å². The molecule has 0 saturated heterocycles. The van der Waals surface area contributed by atoms with Gasteiger partial charge in [0.25, 0.3) is 0 Å². The number of quaternary nitrogens is 1. The van der Waals surface area contributed by atoms with Crippen molar-refractivity contribution in [2.75, 3.05) is 47.5 Å². The zero-order valence-corrected chi connectivity index (χ0v) is 42.8. The third-order valence-corrected chi connectivity index (χ3v) is 13.3. The molecule has 1 aliphatic carbocycles. The number of aliphatic hydroxyl groups excluding tert-OH is 2. The molecule has 0 heterocycles. The molecular weight excluding hydrogens is 846 g/mol. The minimum Gasteiger partial charge on any atom is -0.462 e. The van der Waals surface area contributed by atoms with E-state index in [0.717, 1.165) is 57.8 Å². The summed E-state index contributed by atoms with van der Waals surface area (Å²) in [5, 5.41) is 20.8. The molecular formula is C52H97NO11P+. The van der Waals surface area contributed by atoms with Crippen LogP contribution in [-0.2, 0) is 37.5 Å². The van der Waals surface area contributed by atoms with E-state index in [1.807, 2.05) is 27.2 Å². The minimum atomic E-state index is -4.44. The maximum atomic E-state index is 12.8. The van der Waals surface area contributed by atoms with E-state index in [1.165, 1.54) is 96.3 Å². The van der Waals surface area contributed by atoms with Gasteiger partial charge in [-0.25, -0.2) is 4.57 Å². The summed E-state index contributed by atoms with van der Waals surface area (Å²) in [7, 11) is 1.35. The number of hydrogen-bond donors (Lipinski definition) is 3. The molecule has 0 spiro atoms. The Bertz CT molecular complexity index is 1320. The van der Waals surface area contributed by atoms with E-state index in [2.05, 4.69) is 26.0 Å². The number of esters is 2. The van der Waals surface area contributed by atoms with Crippen LogP contribution in [0.2, 0.25) is 0 Å². The smallest absolute Gasteiger partial charge is 0.462 e. The van der Waals surface area contributed by atoms with Gasteiger partial charge in [0.2, 0.25) is 0 Å². The van der Waals surface area contributed by atoms with Gasteiger partial charge >= 0.3 is 19.8 Å². The number of Topliss-reactive ketones (excluding diaryl/α,β-unsaturated/α-hetero) is 1. The average Bonchev–Trinajstić information content (AvgIpc) is 3.52. The largest absolute Gasteiger partial charge is 0.472 e. The standard InChI is InChI=1S/C52H96NO11P/c1-6-8-10-11-12-13-14-15-16-17-18-19-20-21-22-23-24-25-26-27-33-37-52(58)64-46(44-63-65(59,60)62-41-40-53(3,4)5)43-61-51(57)36-32-29-28-31-35-47-48(50(56)42-49(47)55)39-38-45(54)34-30-9-7-2/h15-16,38-39,45-48,50,54,56H,6-14,17-37,40-44H2,1-5H3/p+1/b16-15-,39-38+/t45-,46+,47+,48+,50+/m0/s1. The van der Waals surface area contributed by atoms with Gasteiger partial charge in [0.15, 0.2) is 6.10 Å². The van der Waals surface area contributed by atoms with Crippen LogP contribution >= 0.6 is 7.82 Å². The monoisotopic (exact) mass is 943 g/mol. The number of aliphatic hydroxyl groups is 2. The highest BCUT2D eigenvalue weighted by Crippen LogP contribution is 2.43. The van der Waals surface area contributed by atoms with Crippen LogP contribution in [-0.4, -0.2) is 103 Å². The molecule has 0 bridgehead atoms. The molecule has 12 nitrogen and oxygen atoms in total. The van der Waals surface area contributed by atoms with Gasteiger partial charge in [-0.3, -0.25) is 23.4 Å². The lowest BCUT2D eigenvalue weighted by molar-refractivity contribution is -0.870. The summed E-state index contributed by atoms with van der Waals surface area (Å²) in [5.74, 6) is -1.46. The molecule has 1 fully saturated rings. The van der Waals surface area contributed by atoms with Crippen LogP contribution in [0.15, 0.2) is 24.3 Å². The second kappa shape index (κ2) is 39.0. The maximum absolute atomic E-state index is 12.8. The fourth-order valence-electron chi connectivity index (χ4n) is 8.20. The molecule has 0 amide bonds. The highest BCUT2D eigenvalue weighted by molar-refractivity contribution is 7.47. The van der Waals surface area contributed by atoms with Crippen LogP contribution in [0.4, 0.5) is 0 Å². The summed E-state index contributed by atoms with van der Waals surface area (Å²) in [6, 6.07) is 0. The lowest BCUT2D eigenvalue weighted by Crippen LogP contribution is -2.37. The summed E-state index contributed by atoms with van der Waals surface area (Å²) < 4.78 is 34.4. The van der Waals surface area contributed by atoms with Crippen LogP contribution in [0, 0.1) is 11.8 Å². The lowest BCUT2D eigenvalue weighted by atomic mass is 9.88. The number of allylic oxidation sites excluding steroid dienone is 2. The van der Waals surface area contributed by atoms with Crippen molar-refractivity contribution in [2.45, 2.75) is 231 Å². The van der Waals surface area contributed by atoms with Crippen molar-refractivity contribution in [3.05, 3.63) is 24.3 Å². The number of phosphoric ester groups is 1. The van der Waals surface area contributed by atoms with Crippen LogP contribution in [0.5, 0.6) is 0 Å². The summed E-state index contributed by atoms with van der Waals surface area (Å²) >= 11 is 0. The first-order valence-corrected chi connectivity index (χ1v) is 27.7. The second-order valence-electron chi connectivity index (χ2n) is 19.7. The van der Waals surface area contributed by atoms with Gasteiger partial charge < -0.3 is 29.1 Å². The van der Waals surface area contributed by atoms with Gasteiger partial charge in [0.1, 0.15) is 25.5 Å². The van der Waals surface area contributed by atoms with Crippen molar-refractivity contribution in [1.82, 2.24) is 0 Å². The van der Waals surface area contributed by atoms with Crippen LogP contribution in [0.25, 0.3) is 0 Å². The molecule has 1 aliphatic rings. The van der Waals surface area contributed by atoms with Crippen molar-refractivity contribution in [1.29, 1.82) is 0 Å². The highest BCUT2D eigenvalue weighted by Gasteiger charge is 2.39. The molecule has 1 rings (SSSR count). The van der Waals surface area contributed by atoms with Crippen LogP contribution < -0.4 is 0 Å². The molecule has 380 valence electrons. The molecule has 1 saturated carbocycles. The summed E-state index contributed by atoms with van der Waals surface area (Å²) in [4.78, 5) is 48.4. The van der Waals surface area contributed by atoms with Crippen molar-refractivity contribution < 1.29 is 57.1 Å². The van der Waals surface area contributed by atoms with Gasteiger partial charge in [0.05, 0.1) is 40.0 Å². The molecule has 65 heavy (non-hydrogen) atoms. The van der Waals surface area contributed by atoms with Crippen molar-refractivity contribution in [2.24, 2.45) is 11.8 Å². The first-order valence-electron chi connectivity index (χ1n) is 26.2. The number of ketones is 1. The van der Waals surface area contributed by atoms with Gasteiger partial charge in [-0.2, -0.15) is 0 Å². The van der Waals surface area contributed by atoms with E-state index in [1.54, 1.807) is 6.08 Å². The molecule has 0 aromatic rings. The normalized spacial score (nSPS) is 18.7. The Morgan fingerprint density at radius 3 is 1.78 bits per heavy atom. The number of ether oxygens (including phenoxy) is 2. The lowest BCUT2D eigenvalue weighted by Gasteiger charge is -2.24. The number of carbonyl (C=O) groups excluding carboxylic acids is 3. The van der Waals surface area contributed by atoms with Crippen molar-refractivity contribution in [3.63, 3.8) is 0 Å². The Hall–Kier alpha value is -1.92.